The van der Waals surface area contributed by atoms with Gasteiger partial charge in [0.15, 0.2) is 0 Å². The van der Waals surface area contributed by atoms with Crippen LogP contribution in [0.1, 0.15) is 23.0 Å². The van der Waals surface area contributed by atoms with Crippen LogP contribution in [0.2, 0.25) is 0 Å². The molecule has 1 amide bonds. The first-order valence-corrected chi connectivity index (χ1v) is 6.90. The van der Waals surface area contributed by atoms with Crippen molar-refractivity contribution in [1.82, 2.24) is 15.3 Å². The second kappa shape index (κ2) is 7.00. The summed E-state index contributed by atoms with van der Waals surface area (Å²) in [4.78, 5) is 19.6. The van der Waals surface area contributed by atoms with E-state index in [1.165, 1.54) is 18.6 Å². The van der Waals surface area contributed by atoms with Gasteiger partial charge in [0.1, 0.15) is 11.4 Å². The van der Waals surface area contributed by atoms with Crippen LogP contribution in [0.15, 0.2) is 42.9 Å². The highest BCUT2D eigenvalue weighted by atomic mass is 16.5. The molecule has 1 atom stereocenters. The van der Waals surface area contributed by atoms with Crippen molar-refractivity contribution < 1.29 is 14.6 Å². The fourth-order valence-corrected chi connectivity index (χ4v) is 2.02. The summed E-state index contributed by atoms with van der Waals surface area (Å²) in [5, 5.41) is 13.1. The summed E-state index contributed by atoms with van der Waals surface area (Å²) in [5.74, 6) is 0.405. The van der Waals surface area contributed by atoms with Crippen LogP contribution in [-0.2, 0) is 6.42 Å². The number of hydrogen-bond donors (Lipinski definition) is 2. The number of aliphatic hydroxyl groups is 1. The predicted molar refractivity (Wildman–Crippen MR) is 81.7 cm³/mol. The van der Waals surface area contributed by atoms with Crippen molar-refractivity contribution in [1.29, 1.82) is 0 Å². The number of ether oxygens (including phenoxy) is 1. The van der Waals surface area contributed by atoms with Crippen LogP contribution >= 0.6 is 0 Å². The van der Waals surface area contributed by atoms with Gasteiger partial charge in [-0.2, -0.15) is 0 Å². The van der Waals surface area contributed by atoms with Crippen molar-refractivity contribution in [2.45, 2.75) is 18.9 Å². The van der Waals surface area contributed by atoms with E-state index in [0.29, 0.717) is 6.42 Å². The molecule has 0 aliphatic carbocycles. The van der Waals surface area contributed by atoms with E-state index in [4.69, 9.17) is 4.74 Å². The van der Waals surface area contributed by atoms with Crippen molar-refractivity contribution in [3.8, 4) is 5.75 Å². The molecule has 1 heterocycles. The van der Waals surface area contributed by atoms with E-state index in [9.17, 15) is 9.90 Å². The average molecular weight is 301 g/mol. The van der Waals surface area contributed by atoms with Crippen molar-refractivity contribution in [2.75, 3.05) is 13.7 Å². The molecule has 1 aromatic carbocycles. The van der Waals surface area contributed by atoms with Crippen molar-refractivity contribution in [2.24, 2.45) is 0 Å². The van der Waals surface area contributed by atoms with Gasteiger partial charge >= 0.3 is 0 Å². The largest absolute Gasteiger partial charge is 0.497 e. The quantitative estimate of drug-likeness (QED) is 0.838. The average Bonchev–Trinajstić information content (AvgIpc) is 2.54. The number of methoxy groups -OCH3 is 1. The Kier molecular flexibility index (Phi) is 5.06. The molecule has 116 valence electrons. The summed E-state index contributed by atoms with van der Waals surface area (Å²) < 4.78 is 5.09. The molecule has 2 rings (SSSR count). The molecule has 0 saturated carbocycles. The molecule has 0 fully saturated rings. The third kappa shape index (κ3) is 4.53. The van der Waals surface area contributed by atoms with E-state index in [0.717, 1.165) is 11.3 Å². The second-order valence-corrected chi connectivity index (χ2v) is 5.30. The molecule has 6 nitrogen and oxygen atoms in total. The molecule has 6 heteroatoms. The van der Waals surface area contributed by atoms with Gasteiger partial charge in [0.2, 0.25) is 0 Å². The lowest BCUT2D eigenvalue weighted by Gasteiger charge is -2.23. The van der Waals surface area contributed by atoms with E-state index in [1.807, 2.05) is 24.3 Å². The number of rotatable bonds is 6. The van der Waals surface area contributed by atoms with E-state index in [2.05, 4.69) is 15.3 Å². The number of carbonyl (C=O) groups is 1. The Labute approximate surface area is 129 Å². The maximum atomic E-state index is 11.9. The zero-order valence-electron chi connectivity index (χ0n) is 12.6. The smallest absolute Gasteiger partial charge is 0.271 e. The lowest BCUT2D eigenvalue weighted by molar-refractivity contribution is 0.0551. The van der Waals surface area contributed by atoms with Crippen molar-refractivity contribution in [3.05, 3.63) is 54.1 Å². The van der Waals surface area contributed by atoms with Gasteiger partial charge in [0, 0.05) is 25.4 Å². The topological polar surface area (TPSA) is 84.3 Å². The number of hydrogen-bond acceptors (Lipinski definition) is 5. The lowest BCUT2D eigenvalue weighted by Crippen LogP contribution is -2.42. The van der Waals surface area contributed by atoms with Crippen LogP contribution in [0.5, 0.6) is 5.75 Å². The van der Waals surface area contributed by atoms with Gasteiger partial charge in [-0.3, -0.25) is 9.78 Å². The normalized spacial score (nSPS) is 13.2. The maximum absolute atomic E-state index is 11.9. The summed E-state index contributed by atoms with van der Waals surface area (Å²) in [6.45, 7) is 1.79. The number of benzene rings is 1. The van der Waals surface area contributed by atoms with Gasteiger partial charge in [-0.25, -0.2) is 4.98 Å². The van der Waals surface area contributed by atoms with E-state index >= 15 is 0 Å². The minimum atomic E-state index is -1.06. The van der Waals surface area contributed by atoms with Crippen LogP contribution in [0.3, 0.4) is 0 Å². The van der Waals surface area contributed by atoms with Gasteiger partial charge in [0.25, 0.3) is 5.91 Å². The fraction of sp³-hybridized carbons (Fsp3) is 0.312. The predicted octanol–water partition coefficient (Wildman–Crippen LogP) is 1.21. The molecule has 1 unspecified atom stereocenters. The van der Waals surface area contributed by atoms with Gasteiger partial charge in [-0.1, -0.05) is 12.1 Å². The van der Waals surface area contributed by atoms with Crippen LogP contribution in [0.25, 0.3) is 0 Å². The number of amides is 1. The Balaban J connectivity index is 1.91. The summed E-state index contributed by atoms with van der Waals surface area (Å²) in [5.41, 5.74) is 0.120. The minimum absolute atomic E-state index is 0.119. The van der Waals surface area contributed by atoms with Crippen LogP contribution in [0, 0.1) is 0 Å². The molecule has 0 saturated heterocycles. The van der Waals surface area contributed by atoms with Crippen LogP contribution in [-0.4, -0.2) is 40.2 Å². The molecule has 2 aromatic rings. The molecule has 2 N–H and O–H groups in total. The first-order valence-electron chi connectivity index (χ1n) is 6.90. The SMILES string of the molecule is COc1ccc(CC(C)(O)CNC(=O)c2cnccn2)cc1. The molecule has 0 aliphatic rings. The molecule has 0 aliphatic heterocycles. The summed E-state index contributed by atoms with van der Waals surface area (Å²) in [6.07, 6.45) is 4.74. The van der Waals surface area contributed by atoms with Gasteiger partial charge < -0.3 is 15.2 Å². The highest BCUT2D eigenvalue weighted by Gasteiger charge is 2.22. The lowest BCUT2D eigenvalue weighted by atomic mass is 9.96. The molecule has 22 heavy (non-hydrogen) atoms. The Morgan fingerprint density at radius 2 is 2.05 bits per heavy atom. The van der Waals surface area contributed by atoms with Crippen molar-refractivity contribution >= 4 is 5.91 Å². The molecule has 0 bridgehead atoms. The molecule has 1 aromatic heterocycles. The van der Waals surface area contributed by atoms with E-state index in [-0.39, 0.29) is 18.1 Å². The first-order chi connectivity index (χ1) is 10.5. The Bertz CT molecular complexity index is 612. The Morgan fingerprint density at radius 3 is 2.64 bits per heavy atom. The van der Waals surface area contributed by atoms with Crippen LogP contribution in [0.4, 0.5) is 0 Å². The van der Waals surface area contributed by atoms with Gasteiger partial charge in [0.05, 0.1) is 18.9 Å². The summed E-state index contributed by atoms with van der Waals surface area (Å²) in [6, 6.07) is 7.45. The van der Waals surface area contributed by atoms with E-state index in [1.54, 1.807) is 14.0 Å². The third-order valence-corrected chi connectivity index (χ3v) is 3.17. The highest BCUT2D eigenvalue weighted by Crippen LogP contribution is 2.16. The zero-order chi connectivity index (χ0) is 16.0. The minimum Gasteiger partial charge on any atom is -0.497 e. The molecule has 0 spiro atoms. The van der Waals surface area contributed by atoms with Crippen LogP contribution < -0.4 is 10.1 Å². The number of carbonyl (C=O) groups excluding carboxylic acids is 1. The molecular weight excluding hydrogens is 282 g/mol. The second-order valence-electron chi connectivity index (χ2n) is 5.30. The van der Waals surface area contributed by atoms with E-state index < -0.39 is 5.60 Å². The summed E-state index contributed by atoms with van der Waals surface area (Å²) >= 11 is 0. The van der Waals surface area contributed by atoms with Crippen molar-refractivity contribution in [3.63, 3.8) is 0 Å². The zero-order valence-corrected chi connectivity index (χ0v) is 12.6. The fourth-order valence-electron chi connectivity index (χ4n) is 2.02. The van der Waals surface area contributed by atoms with Gasteiger partial charge in [-0.15, -0.1) is 0 Å². The standard InChI is InChI=1S/C16H19N3O3/c1-16(21,9-12-3-5-13(22-2)6-4-12)11-19-15(20)14-10-17-7-8-18-14/h3-8,10,21H,9,11H2,1-2H3,(H,19,20). The summed E-state index contributed by atoms with van der Waals surface area (Å²) in [7, 11) is 1.60. The molecule has 0 radical (unpaired) electrons. The monoisotopic (exact) mass is 301 g/mol. The number of aromatic nitrogens is 2. The highest BCUT2D eigenvalue weighted by molar-refractivity contribution is 5.91. The maximum Gasteiger partial charge on any atom is 0.271 e. The van der Waals surface area contributed by atoms with Gasteiger partial charge in [-0.05, 0) is 24.6 Å². The Morgan fingerprint density at radius 1 is 1.32 bits per heavy atom. The molecular formula is C16H19N3O3. The first kappa shape index (κ1) is 15.9. The number of nitrogens with zero attached hydrogens (tertiary/aromatic N) is 2. The third-order valence-electron chi connectivity index (χ3n) is 3.17. The Hall–Kier alpha value is -2.47. The number of nitrogens with one attached hydrogen (secondary N) is 1.